The summed E-state index contributed by atoms with van der Waals surface area (Å²) < 4.78 is 9.00. The Morgan fingerprint density at radius 2 is 1.46 bits per heavy atom. The van der Waals surface area contributed by atoms with Gasteiger partial charge >= 0.3 is 0 Å². The van der Waals surface area contributed by atoms with E-state index in [4.69, 9.17) is 4.42 Å². The van der Waals surface area contributed by atoms with Crippen LogP contribution in [0.3, 0.4) is 0 Å². The number of aromatic nitrogens is 1. The van der Waals surface area contributed by atoms with Gasteiger partial charge in [-0.2, -0.15) is 5.26 Å². The first-order valence-electron chi connectivity index (χ1n) is 15.1. The fourth-order valence-electron chi connectivity index (χ4n) is 8.95. The number of nitriles is 1. The first kappa shape index (κ1) is 26.0. The van der Waals surface area contributed by atoms with Crippen LogP contribution in [0, 0.1) is 23.7 Å². The number of fused-ring (bicyclic) bond motifs is 4. The molecule has 0 bridgehead atoms. The highest BCUT2D eigenvalue weighted by Gasteiger charge is 2.61. The zero-order valence-electron chi connectivity index (χ0n) is 25.2. The first-order valence-corrected chi connectivity index (χ1v) is 15.1. The summed E-state index contributed by atoms with van der Waals surface area (Å²) in [6.45, 7) is 12.0. The van der Waals surface area contributed by atoms with Crippen molar-refractivity contribution in [1.82, 2.24) is 0 Å². The van der Waals surface area contributed by atoms with E-state index in [-0.39, 0.29) is 16.2 Å². The van der Waals surface area contributed by atoms with Crippen molar-refractivity contribution in [3.8, 4) is 28.5 Å². The average Bonchev–Trinajstić information content (AvgIpc) is 3.40. The number of furan rings is 1. The molecule has 0 aliphatic heterocycles. The first-order chi connectivity index (χ1) is 19.6. The van der Waals surface area contributed by atoms with Crippen LogP contribution in [-0.4, -0.2) is 0 Å². The SMILES string of the molecule is Cc1ccc2c(oc3c(-c4ccc5c(c4)C(C)(C)C4(CCCCC4)C5(C)C)c(C#N)ccc32)c1-c1cccc[n+]1C. The molecule has 1 saturated carbocycles. The lowest BCUT2D eigenvalue weighted by Gasteiger charge is -2.52. The van der Waals surface area contributed by atoms with Crippen LogP contribution in [0.4, 0.5) is 0 Å². The minimum atomic E-state index is 0.0448. The molecule has 1 spiro atoms. The molecule has 0 radical (unpaired) electrons. The minimum absolute atomic E-state index is 0.0448. The van der Waals surface area contributed by atoms with Crippen molar-refractivity contribution in [3.05, 3.63) is 89.1 Å². The minimum Gasteiger partial charge on any atom is -0.454 e. The molecular formula is C38H39N2O+. The van der Waals surface area contributed by atoms with E-state index in [1.54, 1.807) is 0 Å². The van der Waals surface area contributed by atoms with Crippen LogP contribution < -0.4 is 4.57 Å². The summed E-state index contributed by atoms with van der Waals surface area (Å²) in [6.07, 6.45) is 8.59. The van der Waals surface area contributed by atoms with Crippen molar-refractivity contribution >= 4 is 21.9 Å². The zero-order chi connectivity index (χ0) is 28.7. The van der Waals surface area contributed by atoms with Crippen molar-refractivity contribution in [1.29, 1.82) is 5.26 Å². The monoisotopic (exact) mass is 539 g/mol. The number of hydrogen-bond acceptors (Lipinski definition) is 2. The van der Waals surface area contributed by atoms with Gasteiger partial charge in [0.15, 0.2) is 6.20 Å². The molecule has 0 atom stereocenters. The maximum absolute atomic E-state index is 10.3. The summed E-state index contributed by atoms with van der Waals surface area (Å²) in [5, 5.41) is 12.4. The zero-order valence-corrected chi connectivity index (χ0v) is 25.2. The molecule has 2 aliphatic carbocycles. The second-order valence-electron chi connectivity index (χ2n) is 13.6. The van der Waals surface area contributed by atoms with Crippen LogP contribution in [-0.2, 0) is 17.9 Å². The van der Waals surface area contributed by atoms with Crippen molar-refractivity contribution in [2.24, 2.45) is 12.5 Å². The normalized spacial score (nSPS) is 18.6. The van der Waals surface area contributed by atoms with Crippen LogP contribution in [0.2, 0.25) is 0 Å². The molecule has 3 heteroatoms. The molecular weight excluding hydrogens is 500 g/mol. The molecule has 0 amide bonds. The van der Waals surface area contributed by atoms with Gasteiger partial charge in [0.1, 0.15) is 18.2 Å². The third-order valence-electron chi connectivity index (χ3n) is 11.2. The van der Waals surface area contributed by atoms with Gasteiger partial charge in [0.2, 0.25) is 5.69 Å². The molecule has 41 heavy (non-hydrogen) atoms. The van der Waals surface area contributed by atoms with Crippen LogP contribution in [0.15, 0.2) is 71.3 Å². The van der Waals surface area contributed by atoms with Gasteiger partial charge in [-0.3, -0.25) is 0 Å². The molecule has 2 aromatic heterocycles. The van der Waals surface area contributed by atoms with Gasteiger partial charge in [0.05, 0.1) is 17.2 Å². The Kier molecular flexibility index (Phi) is 5.59. The van der Waals surface area contributed by atoms with Crippen LogP contribution in [0.25, 0.3) is 44.3 Å². The van der Waals surface area contributed by atoms with Crippen LogP contribution in [0.5, 0.6) is 0 Å². The molecule has 0 unspecified atom stereocenters. The number of aryl methyl sites for hydroxylation is 2. The highest BCUT2D eigenvalue weighted by molar-refractivity contribution is 6.14. The molecule has 5 aromatic rings. The molecule has 7 rings (SSSR count). The van der Waals surface area contributed by atoms with Gasteiger partial charge in [-0.05, 0) is 76.5 Å². The van der Waals surface area contributed by atoms with E-state index in [1.807, 2.05) is 12.1 Å². The summed E-state index contributed by atoms with van der Waals surface area (Å²) in [5.41, 5.74) is 11.0. The number of rotatable bonds is 2. The smallest absolute Gasteiger partial charge is 0.216 e. The van der Waals surface area contributed by atoms with Crippen molar-refractivity contribution < 1.29 is 8.98 Å². The van der Waals surface area contributed by atoms with E-state index in [1.165, 1.54) is 48.8 Å². The quantitative estimate of drug-likeness (QED) is 0.210. The lowest BCUT2D eigenvalue weighted by molar-refractivity contribution is -0.660. The second kappa shape index (κ2) is 8.80. The maximum Gasteiger partial charge on any atom is 0.216 e. The number of nitrogens with zero attached hydrogens (tertiary/aromatic N) is 2. The Bertz CT molecular complexity index is 1910. The largest absolute Gasteiger partial charge is 0.454 e. The Hall–Kier alpha value is -3.90. The van der Waals surface area contributed by atoms with Gasteiger partial charge in [-0.25, -0.2) is 4.57 Å². The summed E-state index contributed by atoms with van der Waals surface area (Å²) in [5.74, 6) is 0. The van der Waals surface area contributed by atoms with E-state index in [0.717, 1.165) is 44.3 Å². The van der Waals surface area contributed by atoms with Crippen molar-refractivity contribution in [3.63, 3.8) is 0 Å². The molecule has 3 nitrogen and oxygen atoms in total. The van der Waals surface area contributed by atoms with Gasteiger partial charge < -0.3 is 4.42 Å². The predicted octanol–water partition coefficient (Wildman–Crippen LogP) is 9.44. The Morgan fingerprint density at radius 3 is 2.17 bits per heavy atom. The summed E-state index contributed by atoms with van der Waals surface area (Å²) in [6, 6.07) is 24.1. The van der Waals surface area contributed by atoms with E-state index >= 15 is 0 Å². The molecule has 1 fully saturated rings. The van der Waals surface area contributed by atoms with E-state index < -0.39 is 0 Å². The summed E-state index contributed by atoms with van der Waals surface area (Å²) >= 11 is 0. The Balaban J connectivity index is 1.50. The summed E-state index contributed by atoms with van der Waals surface area (Å²) in [4.78, 5) is 0. The van der Waals surface area contributed by atoms with Crippen molar-refractivity contribution in [2.45, 2.75) is 77.6 Å². The molecule has 0 saturated heterocycles. The summed E-state index contributed by atoms with van der Waals surface area (Å²) in [7, 11) is 2.07. The average molecular weight is 540 g/mol. The van der Waals surface area contributed by atoms with Gasteiger partial charge in [0.25, 0.3) is 0 Å². The van der Waals surface area contributed by atoms with Crippen LogP contribution >= 0.6 is 0 Å². The van der Waals surface area contributed by atoms with E-state index in [9.17, 15) is 5.26 Å². The number of benzene rings is 3. The third-order valence-corrected chi connectivity index (χ3v) is 11.2. The molecule has 2 heterocycles. The van der Waals surface area contributed by atoms with Gasteiger partial charge in [-0.1, -0.05) is 77.3 Å². The number of hydrogen-bond donors (Lipinski definition) is 0. The van der Waals surface area contributed by atoms with Gasteiger partial charge in [-0.15, -0.1) is 0 Å². The fourth-order valence-corrected chi connectivity index (χ4v) is 8.95. The molecule has 3 aromatic carbocycles. The highest BCUT2D eigenvalue weighted by Crippen LogP contribution is 2.67. The second-order valence-corrected chi connectivity index (χ2v) is 13.6. The number of pyridine rings is 1. The standard InChI is InChI=1S/C38H39N2O/c1-24-13-16-27-28-17-14-26(23-39)33(35(28)41-34(27)32(24)31-12-8-11-21-40(31)6)25-15-18-29-30(22-25)37(4,5)38(36(29,2)3)19-9-7-10-20-38/h8,11-18,21-22H,7,9-10,19-20H2,1-6H3/q+1. The molecule has 206 valence electrons. The Morgan fingerprint density at radius 1 is 0.780 bits per heavy atom. The molecule has 0 N–H and O–H groups in total. The predicted molar refractivity (Wildman–Crippen MR) is 167 cm³/mol. The van der Waals surface area contributed by atoms with Crippen molar-refractivity contribution in [2.75, 3.05) is 0 Å². The van der Waals surface area contributed by atoms with E-state index in [0.29, 0.717) is 5.56 Å². The van der Waals surface area contributed by atoms with Crippen LogP contribution in [0.1, 0.15) is 82.1 Å². The highest BCUT2D eigenvalue weighted by atomic mass is 16.3. The third kappa shape index (κ3) is 3.34. The lowest BCUT2D eigenvalue weighted by atomic mass is 9.51. The molecule has 2 aliphatic rings. The van der Waals surface area contributed by atoms with Gasteiger partial charge in [0, 0.05) is 28.5 Å². The fraction of sp³-hybridized carbons (Fsp3) is 0.368. The topological polar surface area (TPSA) is 40.8 Å². The maximum atomic E-state index is 10.3. The van der Waals surface area contributed by atoms with E-state index in [2.05, 4.69) is 107 Å². The lowest BCUT2D eigenvalue weighted by Crippen LogP contribution is -2.48. The Labute approximate surface area is 243 Å².